The van der Waals surface area contributed by atoms with Crippen LogP contribution in [-0.4, -0.2) is 45.6 Å². The standard InChI is InChI=1S/C22H27N3O6/c26-18(9-4-2-1-3-5-10-20(28)29)23-16-8-6-7-14-15(16)13-25(22(14)31)17-11-12-19(27)24-21(17)30/h6-8,17H,1-5,9-13H2,(H,23,26)(H,28,29)(H,24,27,30). The van der Waals surface area contributed by atoms with Crippen LogP contribution in [0.5, 0.6) is 0 Å². The molecule has 9 nitrogen and oxygen atoms in total. The Kier molecular flexibility index (Phi) is 7.38. The van der Waals surface area contributed by atoms with Gasteiger partial charge in [0.25, 0.3) is 5.91 Å². The van der Waals surface area contributed by atoms with E-state index >= 15 is 0 Å². The number of unbranched alkanes of at least 4 members (excludes halogenated alkanes) is 4. The maximum Gasteiger partial charge on any atom is 0.303 e. The van der Waals surface area contributed by atoms with Gasteiger partial charge >= 0.3 is 5.97 Å². The first-order valence-electron chi connectivity index (χ1n) is 10.6. The minimum Gasteiger partial charge on any atom is -0.481 e. The lowest BCUT2D eigenvalue weighted by Gasteiger charge is -2.29. The molecule has 3 N–H and O–H groups in total. The molecule has 3 rings (SSSR count). The van der Waals surface area contributed by atoms with E-state index < -0.39 is 17.9 Å². The fraction of sp³-hybridized carbons (Fsp3) is 0.500. The number of nitrogens with one attached hydrogen (secondary N) is 2. The summed E-state index contributed by atoms with van der Waals surface area (Å²) in [5.74, 6) is -2.01. The third-order valence-electron chi connectivity index (χ3n) is 5.65. The number of piperidine rings is 1. The molecular weight excluding hydrogens is 402 g/mol. The van der Waals surface area contributed by atoms with Crippen LogP contribution in [-0.2, 0) is 25.7 Å². The molecule has 1 aromatic rings. The number of carboxylic acids is 1. The van der Waals surface area contributed by atoms with Gasteiger partial charge in [-0.2, -0.15) is 0 Å². The number of rotatable bonds is 10. The van der Waals surface area contributed by atoms with Crippen LogP contribution in [0.4, 0.5) is 5.69 Å². The maximum absolute atomic E-state index is 12.8. The van der Waals surface area contributed by atoms with Gasteiger partial charge in [-0.15, -0.1) is 0 Å². The number of hydrogen-bond donors (Lipinski definition) is 3. The van der Waals surface area contributed by atoms with Gasteiger partial charge in [-0.3, -0.25) is 29.3 Å². The van der Waals surface area contributed by atoms with Crippen LogP contribution in [0.1, 0.15) is 73.7 Å². The van der Waals surface area contributed by atoms with Crippen LogP contribution in [0.3, 0.4) is 0 Å². The predicted molar refractivity (Wildman–Crippen MR) is 111 cm³/mol. The molecule has 2 heterocycles. The minimum atomic E-state index is -0.788. The van der Waals surface area contributed by atoms with Crippen molar-refractivity contribution in [1.82, 2.24) is 10.2 Å². The Balaban J connectivity index is 1.52. The number of amides is 4. The van der Waals surface area contributed by atoms with E-state index in [1.54, 1.807) is 18.2 Å². The number of benzene rings is 1. The van der Waals surface area contributed by atoms with Crippen molar-refractivity contribution in [2.24, 2.45) is 0 Å². The summed E-state index contributed by atoms with van der Waals surface area (Å²) < 4.78 is 0. The van der Waals surface area contributed by atoms with Crippen LogP contribution >= 0.6 is 0 Å². The molecule has 2 aliphatic rings. The lowest BCUT2D eigenvalue weighted by atomic mass is 10.0. The van der Waals surface area contributed by atoms with E-state index in [9.17, 15) is 24.0 Å². The molecule has 1 saturated heterocycles. The molecule has 0 radical (unpaired) electrons. The minimum absolute atomic E-state index is 0.147. The Bertz CT molecular complexity index is 897. The Morgan fingerprint density at radius 3 is 2.48 bits per heavy atom. The molecule has 1 aromatic carbocycles. The SMILES string of the molecule is O=C(O)CCCCCCCC(=O)Nc1cccc2c1CN(C1CCC(=O)NC1=O)C2=O. The average molecular weight is 429 g/mol. The zero-order valence-electron chi connectivity index (χ0n) is 17.3. The third kappa shape index (κ3) is 5.68. The molecule has 1 unspecified atom stereocenters. The van der Waals surface area contributed by atoms with Crippen molar-refractivity contribution in [3.8, 4) is 0 Å². The van der Waals surface area contributed by atoms with E-state index in [0.717, 1.165) is 19.3 Å². The molecule has 166 valence electrons. The molecule has 0 aliphatic carbocycles. The van der Waals surface area contributed by atoms with Crippen LogP contribution in [0.15, 0.2) is 18.2 Å². The molecular formula is C22H27N3O6. The molecule has 0 aromatic heterocycles. The Morgan fingerprint density at radius 1 is 1.06 bits per heavy atom. The Hall–Kier alpha value is -3.23. The lowest BCUT2D eigenvalue weighted by Crippen LogP contribution is -2.52. The summed E-state index contributed by atoms with van der Waals surface area (Å²) in [5, 5.41) is 13.8. The molecule has 9 heteroatoms. The summed E-state index contributed by atoms with van der Waals surface area (Å²) >= 11 is 0. The molecule has 2 aliphatic heterocycles. The molecule has 0 spiro atoms. The highest BCUT2D eigenvalue weighted by molar-refractivity contribution is 6.06. The van der Waals surface area contributed by atoms with Gasteiger partial charge in [0, 0.05) is 42.6 Å². The van der Waals surface area contributed by atoms with Gasteiger partial charge in [0.1, 0.15) is 6.04 Å². The van der Waals surface area contributed by atoms with Gasteiger partial charge in [-0.25, -0.2) is 0 Å². The highest BCUT2D eigenvalue weighted by Gasteiger charge is 2.39. The van der Waals surface area contributed by atoms with Crippen molar-refractivity contribution in [3.63, 3.8) is 0 Å². The second kappa shape index (κ2) is 10.2. The third-order valence-corrected chi connectivity index (χ3v) is 5.65. The summed E-state index contributed by atoms with van der Waals surface area (Å²) in [5.41, 5.74) is 1.70. The predicted octanol–water partition coefficient (Wildman–Crippen LogP) is 2.20. The van der Waals surface area contributed by atoms with E-state index in [4.69, 9.17) is 5.11 Å². The van der Waals surface area contributed by atoms with E-state index in [0.29, 0.717) is 42.5 Å². The molecule has 1 fully saturated rings. The van der Waals surface area contributed by atoms with Crippen LogP contribution in [0.2, 0.25) is 0 Å². The number of imide groups is 1. The van der Waals surface area contributed by atoms with Crippen molar-refractivity contribution in [2.45, 2.75) is 70.4 Å². The zero-order valence-corrected chi connectivity index (χ0v) is 17.3. The smallest absolute Gasteiger partial charge is 0.303 e. The quantitative estimate of drug-likeness (QED) is 0.386. The van der Waals surface area contributed by atoms with Crippen molar-refractivity contribution in [3.05, 3.63) is 29.3 Å². The molecule has 4 amide bonds. The van der Waals surface area contributed by atoms with E-state index in [2.05, 4.69) is 10.6 Å². The summed E-state index contributed by atoms with van der Waals surface area (Å²) in [4.78, 5) is 60.7. The summed E-state index contributed by atoms with van der Waals surface area (Å²) in [7, 11) is 0. The number of nitrogens with zero attached hydrogens (tertiary/aromatic N) is 1. The zero-order chi connectivity index (χ0) is 22.4. The van der Waals surface area contributed by atoms with Crippen LogP contribution in [0.25, 0.3) is 0 Å². The maximum atomic E-state index is 12.8. The lowest BCUT2D eigenvalue weighted by molar-refractivity contribution is -0.138. The average Bonchev–Trinajstić information content (AvgIpc) is 3.05. The second-order valence-corrected chi connectivity index (χ2v) is 7.94. The normalized spacial score (nSPS) is 18.0. The van der Waals surface area contributed by atoms with Crippen LogP contribution < -0.4 is 10.6 Å². The van der Waals surface area contributed by atoms with Gasteiger partial charge < -0.3 is 15.3 Å². The molecule has 1 atom stereocenters. The summed E-state index contributed by atoms with van der Waals surface area (Å²) in [6, 6.07) is 4.42. The number of anilines is 1. The number of carboxylic acid groups (broad SMARTS) is 1. The van der Waals surface area contributed by atoms with Crippen molar-refractivity contribution in [1.29, 1.82) is 0 Å². The van der Waals surface area contributed by atoms with Gasteiger partial charge in [-0.05, 0) is 31.4 Å². The fourth-order valence-electron chi connectivity index (χ4n) is 4.01. The topological polar surface area (TPSA) is 133 Å². The van der Waals surface area contributed by atoms with E-state index in [-0.39, 0.29) is 37.1 Å². The first-order valence-corrected chi connectivity index (χ1v) is 10.6. The van der Waals surface area contributed by atoms with Crippen molar-refractivity contribution >= 4 is 35.3 Å². The van der Waals surface area contributed by atoms with Gasteiger partial charge in [0.2, 0.25) is 17.7 Å². The largest absolute Gasteiger partial charge is 0.481 e. The second-order valence-electron chi connectivity index (χ2n) is 7.94. The first-order chi connectivity index (χ1) is 14.9. The highest BCUT2D eigenvalue weighted by Crippen LogP contribution is 2.32. The van der Waals surface area contributed by atoms with Crippen LogP contribution in [0, 0.1) is 0 Å². The summed E-state index contributed by atoms with van der Waals surface area (Å²) in [6.45, 7) is 0.209. The van der Waals surface area contributed by atoms with Gasteiger partial charge in [0.05, 0.1) is 0 Å². The Labute approximate surface area is 180 Å². The summed E-state index contributed by atoms with van der Waals surface area (Å²) in [6.07, 6.45) is 4.91. The number of aliphatic carboxylic acids is 1. The fourth-order valence-corrected chi connectivity index (χ4v) is 4.01. The number of hydrogen-bond acceptors (Lipinski definition) is 5. The monoisotopic (exact) mass is 429 g/mol. The Morgan fingerprint density at radius 2 is 1.77 bits per heavy atom. The highest BCUT2D eigenvalue weighted by atomic mass is 16.4. The van der Waals surface area contributed by atoms with Gasteiger partial charge in [-0.1, -0.05) is 25.3 Å². The number of carbonyl (C=O) groups is 5. The van der Waals surface area contributed by atoms with E-state index in [1.165, 1.54) is 4.90 Å². The number of fused-ring (bicyclic) bond motifs is 1. The first kappa shape index (κ1) is 22.5. The van der Waals surface area contributed by atoms with Gasteiger partial charge in [0.15, 0.2) is 0 Å². The van der Waals surface area contributed by atoms with E-state index in [1.807, 2.05) is 0 Å². The number of carbonyl (C=O) groups excluding carboxylic acids is 4. The van der Waals surface area contributed by atoms with Crippen molar-refractivity contribution < 1.29 is 29.1 Å². The van der Waals surface area contributed by atoms with Crippen molar-refractivity contribution in [2.75, 3.05) is 5.32 Å². The molecule has 31 heavy (non-hydrogen) atoms. The molecule has 0 bridgehead atoms. The molecule has 0 saturated carbocycles.